The number of ether oxygens (including phenoxy) is 1. The summed E-state index contributed by atoms with van der Waals surface area (Å²) in [6.07, 6.45) is 2.57. The molecule has 6 heteroatoms. The van der Waals surface area contributed by atoms with Crippen molar-refractivity contribution < 1.29 is 4.74 Å². The van der Waals surface area contributed by atoms with Gasteiger partial charge in [-0.25, -0.2) is 0 Å². The van der Waals surface area contributed by atoms with Gasteiger partial charge in [-0.15, -0.1) is 10.2 Å². The van der Waals surface area contributed by atoms with Gasteiger partial charge in [-0.05, 0) is 28.1 Å². The normalized spacial score (nSPS) is 13.2. The highest BCUT2D eigenvalue weighted by Crippen LogP contribution is 2.13. The van der Waals surface area contributed by atoms with Crippen LogP contribution in [0.3, 0.4) is 0 Å². The highest BCUT2D eigenvalue weighted by atomic mass is 79.9. The summed E-state index contributed by atoms with van der Waals surface area (Å²) in [6.45, 7) is 0.472. The molecule has 0 bridgehead atoms. The molecular weight excluding hydrogens is 272 g/mol. The molecule has 86 valence electrons. The lowest BCUT2D eigenvalue weighted by Crippen LogP contribution is -2.25. The first-order chi connectivity index (χ1) is 7.74. The van der Waals surface area contributed by atoms with Crippen molar-refractivity contribution >= 4 is 21.6 Å². The third-order valence-electron chi connectivity index (χ3n) is 2.44. The monoisotopic (exact) mass is 284 g/mol. The summed E-state index contributed by atoms with van der Waals surface area (Å²) in [7, 11) is 1.65. The molecule has 0 saturated carbocycles. The first kappa shape index (κ1) is 11.5. The van der Waals surface area contributed by atoms with Crippen molar-refractivity contribution in [2.24, 2.45) is 5.73 Å². The number of fused-ring (bicyclic) bond motifs is 1. The summed E-state index contributed by atoms with van der Waals surface area (Å²) in [6, 6.07) is 3.84. The topological polar surface area (TPSA) is 65.4 Å². The number of aromatic nitrogens is 3. The van der Waals surface area contributed by atoms with Gasteiger partial charge in [-0.2, -0.15) is 0 Å². The number of pyridine rings is 1. The van der Waals surface area contributed by atoms with Gasteiger partial charge in [0.2, 0.25) is 0 Å². The quantitative estimate of drug-likeness (QED) is 0.910. The van der Waals surface area contributed by atoms with Gasteiger partial charge < -0.3 is 10.5 Å². The van der Waals surface area contributed by atoms with E-state index in [1.54, 1.807) is 7.11 Å². The van der Waals surface area contributed by atoms with Crippen molar-refractivity contribution in [3.05, 3.63) is 28.6 Å². The number of hydrogen-bond donors (Lipinski definition) is 1. The molecule has 2 aromatic rings. The van der Waals surface area contributed by atoms with Gasteiger partial charge in [0.1, 0.15) is 5.82 Å². The van der Waals surface area contributed by atoms with Crippen molar-refractivity contribution in [2.45, 2.75) is 12.5 Å². The van der Waals surface area contributed by atoms with Crippen LogP contribution in [0, 0.1) is 0 Å². The molecular formula is C10H13BrN4O. The minimum absolute atomic E-state index is 0.0219. The summed E-state index contributed by atoms with van der Waals surface area (Å²) < 4.78 is 8.16. The van der Waals surface area contributed by atoms with E-state index in [0.717, 1.165) is 15.9 Å². The molecule has 2 heterocycles. The van der Waals surface area contributed by atoms with Crippen LogP contribution in [0.1, 0.15) is 5.82 Å². The molecule has 16 heavy (non-hydrogen) atoms. The second-order valence-electron chi connectivity index (χ2n) is 3.49. The van der Waals surface area contributed by atoms with Gasteiger partial charge in [0.05, 0.1) is 6.10 Å². The lowest BCUT2D eigenvalue weighted by atomic mass is 10.2. The first-order valence-electron chi connectivity index (χ1n) is 4.96. The Hall–Kier alpha value is -0.980. The number of nitrogens with zero attached hydrogens (tertiary/aromatic N) is 3. The van der Waals surface area contributed by atoms with E-state index in [1.165, 1.54) is 0 Å². The van der Waals surface area contributed by atoms with Crippen LogP contribution in [0.5, 0.6) is 0 Å². The predicted octanol–water partition coefficient (Wildman–Crippen LogP) is 1.01. The molecule has 0 aliphatic rings. The van der Waals surface area contributed by atoms with Gasteiger partial charge in [0, 0.05) is 30.7 Å². The largest absolute Gasteiger partial charge is 0.380 e. The lowest BCUT2D eigenvalue weighted by Gasteiger charge is -2.10. The summed E-state index contributed by atoms with van der Waals surface area (Å²) >= 11 is 3.42. The van der Waals surface area contributed by atoms with Gasteiger partial charge in [0.25, 0.3) is 0 Å². The van der Waals surface area contributed by atoms with Gasteiger partial charge >= 0.3 is 0 Å². The number of methoxy groups -OCH3 is 1. The second kappa shape index (κ2) is 4.90. The van der Waals surface area contributed by atoms with Crippen LogP contribution in [-0.2, 0) is 11.2 Å². The zero-order chi connectivity index (χ0) is 11.5. The van der Waals surface area contributed by atoms with E-state index < -0.39 is 0 Å². The fourth-order valence-corrected chi connectivity index (χ4v) is 1.85. The van der Waals surface area contributed by atoms with E-state index in [9.17, 15) is 0 Å². The van der Waals surface area contributed by atoms with E-state index in [-0.39, 0.29) is 6.10 Å². The van der Waals surface area contributed by atoms with E-state index in [2.05, 4.69) is 26.1 Å². The highest BCUT2D eigenvalue weighted by Gasteiger charge is 2.12. The second-order valence-corrected chi connectivity index (χ2v) is 4.40. The SMILES string of the molecule is COC(CN)Cc1nnc2ccc(Br)cn12. The smallest absolute Gasteiger partial charge is 0.160 e. The average Bonchev–Trinajstić information content (AvgIpc) is 2.68. The van der Waals surface area contributed by atoms with Crippen LogP contribution in [-0.4, -0.2) is 34.4 Å². The molecule has 0 spiro atoms. The Balaban J connectivity index is 2.33. The maximum Gasteiger partial charge on any atom is 0.160 e. The molecule has 5 nitrogen and oxygen atoms in total. The first-order valence-corrected chi connectivity index (χ1v) is 5.76. The Morgan fingerprint density at radius 2 is 2.31 bits per heavy atom. The Morgan fingerprint density at radius 1 is 1.50 bits per heavy atom. The number of rotatable bonds is 4. The molecule has 0 fully saturated rings. The molecule has 0 saturated heterocycles. The maximum atomic E-state index is 5.58. The van der Waals surface area contributed by atoms with Crippen molar-refractivity contribution in [2.75, 3.05) is 13.7 Å². The fourth-order valence-electron chi connectivity index (χ4n) is 1.52. The van der Waals surface area contributed by atoms with Gasteiger partial charge in [-0.3, -0.25) is 4.40 Å². The maximum absolute atomic E-state index is 5.58. The highest BCUT2D eigenvalue weighted by molar-refractivity contribution is 9.10. The fraction of sp³-hybridized carbons (Fsp3) is 0.400. The third kappa shape index (κ3) is 2.23. The minimum atomic E-state index is -0.0219. The van der Waals surface area contributed by atoms with E-state index in [0.29, 0.717) is 13.0 Å². The van der Waals surface area contributed by atoms with Crippen molar-refractivity contribution in [3.8, 4) is 0 Å². The van der Waals surface area contributed by atoms with Gasteiger partial charge in [0.15, 0.2) is 5.65 Å². The molecule has 0 amide bonds. The molecule has 2 aromatic heterocycles. The Bertz CT molecular complexity index is 481. The number of hydrogen-bond acceptors (Lipinski definition) is 4. The standard InChI is InChI=1S/C10H13BrN4O/c1-16-8(5-12)4-10-14-13-9-3-2-7(11)6-15(9)10/h2-3,6,8H,4-5,12H2,1H3. The van der Waals surface area contributed by atoms with E-state index in [1.807, 2.05) is 22.7 Å². The molecule has 1 unspecified atom stereocenters. The van der Waals surface area contributed by atoms with Crippen LogP contribution in [0.2, 0.25) is 0 Å². The average molecular weight is 285 g/mol. The van der Waals surface area contributed by atoms with Crippen LogP contribution >= 0.6 is 15.9 Å². The Morgan fingerprint density at radius 3 is 3.00 bits per heavy atom. The third-order valence-corrected chi connectivity index (χ3v) is 2.91. The van der Waals surface area contributed by atoms with E-state index in [4.69, 9.17) is 10.5 Å². The summed E-state index contributed by atoms with van der Waals surface area (Å²) in [5.74, 6) is 0.855. The zero-order valence-corrected chi connectivity index (χ0v) is 10.5. The number of nitrogens with two attached hydrogens (primary N) is 1. The Labute approximate surface area is 102 Å². The minimum Gasteiger partial charge on any atom is -0.380 e. The summed E-state index contributed by atoms with van der Waals surface area (Å²) in [5.41, 5.74) is 6.41. The van der Waals surface area contributed by atoms with Crippen molar-refractivity contribution in [1.29, 1.82) is 0 Å². The molecule has 0 aliphatic heterocycles. The van der Waals surface area contributed by atoms with Crippen LogP contribution in [0.4, 0.5) is 0 Å². The Kier molecular flexibility index (Phi) is 3.52. The molecule has 2 rings (SSSR count). The molecule has 2 N–H and O–H groups in total. The predicted molar refractivity (Wildman–Crippen MR) is 64.2 cm³/mol. The molecule has 0 aliphatic carbocycles. The van der Waals surface area contributed by atoms with Crippen molar-refractivity contribution in [3.63, 3.8) is 0 Å². The van der Waals surface area contributed by atoms with Crippen LogP contribution < -0.4 is 5.73 Å². The lowest BCUT2D eigenvalue weighted by molar-refractivity contribution is 0.108. The van der Waals surface area contributed by atoms with E-state index >= 15 is 0 Å². The molecule has 0 radical (unpaired) electrons. The van der Waals surface area contributed by atoms with Crippen LogP contribution in [0.25, 0.3) is 5.65 Å². The summed E-state index contributed by atoms with van der Waals surface area (Å²) in [5, 5.41) is 8.21. The molecule has 1 atom stereocenters. The summed E-state index contributed by atoms with van der Waals surface area (Å²) in [4.78, 5) is 0. The zero-order valence-electron chi connectivity index (χ0n) is 8.93. The number of halogens is 1. The van der Waals surface area contributed by atoms with Crippen LogP contribution in [0.15, 0.2) is 22.8 Å². The molecule has 0 aromatic carbocycles. The van der Waals surface area contributed by atoms with Gasteiger partial charge in [-0.1, -0.05) is 0 Å². The van der Waals surface area contributed by atoms with Crippen molar-refractivity contribution in [1.82, 2.24) is 14.6 Å².